The van der Waals surface area contributed by atoms with Gasteiger partial charge in [0.1, 0.15) is 22.9 Å². The quantitative estimate of drug-likeness (QED) is 0.0959. The van der Waals surface area contributed by atoms with Crippen molar-refractivity contribution in [3.63, 3.8) is 0 Å². The SMILES string of the molecule is CCc1nn(-c2ccc(OC)cc2)c2c1CCN(c1ccc(N3CCCCC3=O)cc1)C2=O.COc1ccc(-n2nc(NC=O)c3c2C(=O)N(c2ccc(N4CCCCC4=O)cc2)CC3)cc1.I.II.O=C=O. The van der Waals surface area contributed by atoms with Gasteiger partial charge in [-0.1, -0.05) is 6.92 Å². The van der Waals surface area contributed by atoms with E-state index in [1.54, 1.807) is 45.5 Å². The molecule has 73 heavy (non-hydrogen) atoms. The van der Waals surface area contributed by atoms with Gasteiger partial charge in [0.2, 0.25) is 18.2 Å². The number of rotatable bonds is 11. The van der Waals surface area contributed by atoms with Gasteiger partial charge >= 0.3 is 6.15 Å². The zero-order chi connectivity index (χ0) is 51.3. The van der Waals surface area contributed by atoms with E-state index in [1.165, 1.54) is 0 Å². The van der Waals surface area contributed by atoms with Gasteiger partial charge in [0.25, 0.3) is 11.8 Å². The Morgan fingerprint density at radius 2 is 0.918 bits per heavy atom. The maximum absolute atomic E-state index is 13.7. The van der Waals surface area contributed by atoms with Crippen LogP contribution in [-0.2, 0) is 43.2 Å². The molecular weight excluding hydrogens is 1280 g/mol. The van der Waals surface area contributed by atoms with E-state index in [-0.39, 0.29) is 53.8 Å². The average molecular weight is 1330 g/mol. The fraction of sp³-hybridized carbons (Fsp3) is 0.308. The van der Waals surface area contributed by atoms with Crippen molar-refractivity contribution in [3.05, 3.63) is 125 Å². The van der Waals surface area contributed by atoms with Gasteiger partial charge in [-0.2, -0.15) is 14.7 Å². The summed E-state index contributed by atoms with van der Waals surface area (Å²) in [5, 5.41) is 11.9. The van der Waals surface area contributed by atoms with Crippen LogP contribution >= 0.6 is 61.2 Å². The molecule has 0 atom stereocenters. The first-order valence-electron chi connectivity index (χ1n) is 23.4. The summed E-state index contributed by atoms with van der Waals surface area (Å²) in [7, 11) is 3.22. The number of benzene rings is 4. The predicted octanol–water partition coefficient (Wildman–Crippen LogP) is 9.14. The van der Waals surface area contributed by atoms with Crippen molar-refractivity contribution in [2.75, 3.05) is 65.3 Å². The van der Waals surface area contributed by atoms with E-state index >= 15 is 0 Å². The zero-order valence-corrected chi connectivity index (χ0v) is 47.1. The monoisotopic (exact) mass is 1330 g/mol. The predicted molar refractivity (Wildman–Crippen MR) is 304 cm³/mol. The van der Waals surface area contributed by atoms with E-state index in [4.69, 9.17) is 24.2 Å². The van der Waals surface area contributed by atoms with Crippen molar-refractivity contribution in [1.29, 1.82) is 0 Å². The van der Waals surface area contributed by atoms with Crippen molar-refractivity contribution in [3.8, 4) is 22.9 Å². The number of aryl methyl sites for hydroxylation is 1. The minimum atomic E-state index is -0.203. The van der Waals surface area contributed by atoms with E-state index in [2.05, 4.69) is 54.6 Å². The van der Waals surface area contributed by atoms with Crippen LogP contribution in [0.2, 0.25) is 0 Å². The third-order valence-electron chi connectivity index (χ3n) is 12.9. The van der Waals surface area contributed by atoms with Crippen molar-refractivity contribution >= 4 is 126 Å². The second kappa shape index (κ2) is 26.7. The minimum absolute atomic E-state index is 0. The number of amides is 5. The van der Waals surface area contributed by atoms with E-state index in [1.807, 2.05) is 94.7 Å². The van der Waals surface area contributed by atoms with Crippen molar-refractivity contribution in [2.45, 2.75) is 64.7 Å². The Balaban J connectivity index is 0.000000216. The lowest BCUT2D eigenvalue weighted by atomic mass is 10.0. The Morgan fingerprint density at radius 3 is 1.30 bits per heavy atom. The molecule has 1 N–H and O–H groups in total. The van der Waals surface area contributed by atoms with E-state index in [0.29, 0.717) is 73.0 Å². The van der Waals surface area contributed by atoms with Gasteiger partial charge in [0.15, 0.2) is 5.82 Å². The summed E-state index contributed by atoms with van der Waals surface area (Å²) < 4.78 is 13.8. The van der Waals surface area contributed by atoms with Gasteiger partial charge < -0.3 is 34.4 Å². The average Bonchev–Trinajstić information content (AvgIpc) is 4.00. The highest BCUT2D eigenvalue weighted by Gasteiger charge is 2.35. The summed E-state index contributed by atoms with van der Waals surface area (Å²) >= 11 is 4.24. The molecule has 6 heterocycles. The number of carbonyl (C=O) groups is 5. The van der Waals surface area contributed by atoms with Crippen LogP contribution in [-0.4, -0.2) is 96.1 Å². The molecule has 0 radical (unpaired) electrons. The number of hydrogen-bond acceptors (Lipinski definition) is 11. The maximum Gasteiger partial charge on any atom is 0.373 e. The number of anilines is 5. The number of fused-ring (bicyclic) bond motifs is 2. The molecule has 0 saturated carbocycles. The smallest absolute Gasteiger partial charge is 0.373 e. The highest BCUT2D eigenvalue weighted by atomic mass is 128. The molecule has 382 valence electrons. The topological polar surface area (TPSA) is 199 Å². The summed E-state index contributed by atoms with van der Waals surface area (Å²) in [4.78, 5) is 86.4. The van der Waals surface area contributed by atoms with Crippen molar-refractivity contribution < 1.29 is 43.0 Å². The van der Waals surface area contributed by atoms with Crippen LogP contribution in [0.4, 0.5) is 28.6 Å². The number of carbonyl (C=O) groups excluding carboxylic acids is 7. The summed E-state index contributed by atoms with van der Waals surface area (Å²) in [5.41, 5.74) is 8.58. The van der Waals surface area contributed by atoms with Crippen LogP contribution in [0.1, 0.15) is 83.2 Å². The summed E-state index contributed by atoms with van der Waals surface area (Å²) in [5.74, 6) is 1.88. The molecule has 5 amide bonds. The number of halogens is 3. The first kappa shape index (κ1) is 56.1. The van der Waals surface area contributed by atoms with Crippen LogP contribution in [0.5, 0.6) is 11.5 Å². The number of ether oxygens (including phenoxy) is 2. The Bertz CT molecular complexity index is 2920. The van der Waals surface area contributed by atoms with Crippen LogP contribution in [0.15, 0.2) is 97.1 Å². The molecule has 2 fully saturated rings. The van der Waals surface area contributed by atoms with Crippen LogP contribution < -0.4 is 34.4 Å². The fourth-order valence-corrected chi connectivity index (χ4v) is 9.34. The highest BCUT2D eigenvalue weighted by molar-refractivity contribution is 15.0. The normalized spacial score (nSPS) is 14.9. The third kappa shape index (κ3) is 12.4. The number of aromatic nitrogens is 4. The Labute approximate surface area is 463 Å². The number of nitrogens with one attached hydrogen (secondary N) is 1. The number of methoxy groups -OCH3 is 2. The lowest BCUT2D eigenvalue weighted by Crippen LogP contribution is -2.39. The second-order valence-corrected chi connectivity index (χ2v) is 16.8. The summed E-state index contributed by atoms with van der Waals surface area (Å²) in [6.07, 6.45) is 7.97. The molecule has 2 aromatic heterocycles. The molecule has 21 heteroatoms. The second-order valence-electron chi connectivity index (χ2n) is 16.8. The Hall–Kier alpha value is -6.18. The number of piperidine rings is 2. The van der Waals surface area contributed by atoms with Crippen LogP contribution in [0.25, 0.3) is 11.4 Å². The Morgan fingerprint density at radius 1 is 0.548 bits per heavy atom. The van der Waals surface area contributed by atoms with Gasteiger partial charge in [-0.25, -0.2) is 9.36 Å². The minimum Gasteiger partial charge on any atom is -0.497 e. The summed E-state index contributed by atoms with van der Waals surface area (Å²) in [6, 6.07) is 30.1. The molecule has 4 aliphatic heterocycles. The van der Waals surface area contributed by atoms with Gasteiger partial charge in [0, 0.05) is 110 Å². The van der Waals surface area contributed by atoms with Crippen molar-refractivity contribution in [1.82, 2.24) is 19.6 Å². The molecule has 4 aliphatic rings. The third-order valence-corrected chi connectivity index (χ3v) is 12.9. The molecule has 0 aliphatic carbocycles. The first-order chi connectivity index (χ1) is 35.1. The zero-order valence-electron chi connectivity index (χ0n) is 40.4. The summed E-state index contributed by atoms with van der Waals surface area (Å²) in [6.45, 7) is 4.60. The molecule has 0 bridgehead atoms. The maximum atomic E-state index is 13.7. The Kier molecular flexibility index (Phi) is 20.5. The van der Waals surface area contributed by atoms with E-state index in [0.717, 1.165) is 97.1 Å². The van der Waals surface area contributed by atoms with E-state index in [9.17, 15) is 24.0 Å². The van der Waals surface area contributed by atoms with Crippen LogP contribution in [0, 0.1) is 0 Å². The van der Waals surface area contributed by atoms with Crippen molar-refractivity contribution in [2.24, 2.45) is 0 Å². The molecule has 0 spiro atoms. The van der Waals surface area contributed by atoms with Gasteiger partial charge in [-0.15, -0.1) is 29.1 Å². The molecule has 0 unspecified atom stereocenters. The first-order valence-corrected chi connectivity index (χ1v) is 29.7. The van der Waals surface area contributed by atoms with Gasteiger partial charge in [-0.05, 0) is 142 Å². The molecule has 18 nitrogen and oxygen atoms in total. The molecule has 4 aromatic carbocycles. The fourth-order valence-electron chi connectivity index (χ4n) is 9.34. The molecule has 2 saturated heterocycles. The number of hydrogen-bond donors (Lipinski definition) is 1. The molecule has 6 aromatic rings. The lowest BCUT2D eigenvalue weighted by Gasteiger charge is -2.30. The van der Waals surface area contributed by atoms with Gasteiger partial charge in [-0.3, -0.25) is 24.0 Å². The highest BCUT2D eigenvalue weighted by Crippen LogP contribution is 2.34. The largest absolute Gasteiger partial charge is 0.497 e. The van der Waals surface area contributed by atoms with Crippen LogP contribution in [0.3, 0.4) is 0 Å². The molecular formula is C52H54I3N9O9. The number of nitrogens with zero attached hydrogens (tertiary/aromatic N) is 8. The standard InChI is InChI=1S/C26H28N4O3.C25H25N5O4.CO2.I2.HI/c1-3-23-22-15-17-29(19-9-7-18(8-10-19)28-16-5-4-6-24(28)31)26(32)25(22)30(27-23)20-11-13-21(33-2)14-12-20;1-34-20-11-9-19(10-12-20)30-23-21(24(27-30)26-16-31)13-15-29(25(23)33)18-7-5-17(6-8-18)28-14-3-2-4-22(28)32;2-1-3;1-2;/h7-14H,3-6,15-17H2,1-2H3;5-12,16H,2-4,13-15H2,1H3,(H,26,27,31);;;1H. The lowest BCUT2D eigenvalue weighted by molar-refractivity contribution is -0.191. The van der Waals surface area contributed by atoms with E-state index < -0.39 is 0 Å². The van der Waals surface area contributed by atoms with Gasteiger partial charge in [0.05, 0.1) is 31.3 Å². The molecule has 10 rings (SSSR count).